The van der Waals surface area contributed by atoms with Crippen LogP contribution in [0.5, 0.6) is 0 Å². The zero-order valence-corrected chi connectivity index (χ0v) is 9.01. The van der Waals surface area contributed by atoms with Crippen LogP contribution in [0.3, 0.4) is 0 Å². The van der Waals surface area contributed by atoms with Gasteiger partial charge >= 0.3 is 0 Å². The van der Waals surface area contributed by atoms with Crippen molar-refractivity contribution >= 4 is 9.84 Å². The minimum Gasteiger partial charge on any atom is -0.271 e. The minimum absolute atomic E-state index is 0.0172. The van der Waals surface area contributed by atoms with Crippen LogP contribution < -0.4 is 11.3 Å². The highest BCUT2D eigenvalue weighted by atomic mass is 32.2. The van der Waals surface area contributed by atoms with Gasteiger partial charge in [0.25, 0.3) is 0 Å². The van der Waals surface area contributed by atoms with Gasteiger partial charge in [0.2, 0.25) is 0 Å². The molecule has 0 heterocycles. The van der Waals surface area contributed by atoms with Crippen molar-refractivity contribution in [3.63, 3.8) is 0 Å². The largest absolute Gasteiger partial charge is 0.271 e. The predicted octanol–water partition coefficient (Wildman–Crippen LogP) is 0.614. The zero-order chi connectivity index (χ0) is 10.8. The summed E-state index contributed by atoms with van der Waals surface area (Å²) < 4.78 is 22.3. The molecule has 4 nitrogen and oxygen atoms in total. The molecule has 1 atom stereocenters. The maximum absolute atomic E-state index is 11.1. The second-order valence-corrected chi connectivity index (χ2v) is 5.25. The molecule has 1 aromatic rings. The Morgan fingerprint density at radius 2 is 1.79 bits per heavy atom. The second-order valence-electron chi connectivity index (χ2n) is 3.23. The number of sulfone groups is 1. The fourth-order valence-corrected chi connectivity index (χ4v) is 1.73. The van der Waals surface area contributed by atoms with Gasteiger partial charge in [-0.2, -0.15) is 0 Å². The van der Waals surface area contributed by atoms with Gasteiger partial charge in [-0.05, 0) is 24.6 Å². The second kappa shape index (κ2) is 4.08. The Kier molecular flexibility index (Phi) is 3.25. The average molecular weight is 214 g/mol. The van der Waals surface area contributed by atoms with E-state index in [0.717, 1.165) is 5.56 Å². The molecule has 0 aliphatic rings. The third-order valence-corrected chi connectivity index (χ3v) is 3.19. The van der Waals surface area contributed by atoms with Crippen LogP contribution in [0.2, 0.25) is 0 Å². The van der Waals surface area contributed by atoms with Crippen molar-refractivity contribution in [1.82, 2.24) is 5.43 Å². The summed E-state index contributed by atoms with van der Waals surface area (Å²) >= 11 is 0. The maximum Gasteiger partial charge on any atom is 0.175 e. The lowest BCUT2D eigenvalue weighted by Gasteiger charge is -2.10. The van der Waals surface area contributed by atoms with E-state index in [-0.39, 0.29) is 6.04 Å². The van der Waals surface area contributed by atoms with Crippen molar-refractivity contribution in [3.8, 4) is 0 Å². The van der Waals surface area contributed by atoms with E-state index in [9.17, 15) is 8.42 Å². The van der Waals surface area contributed by atoms with E-state index in [4.69, 9.17) is 5.84 Å². The van der Waals surface area contributed by atoms with E-state index >= 15 is 0 Å². The maximum atomic E-state index is 11.1. The Bertz CT molecular complexity index is 397. The summed E-state index contributed by atoms with van der Waals surface area (Å²) in [5.41, 5.74) is 3.55. The van der Waals surface area contributed by atoms with Crippen LogP contribution in [-0.2, 0) is 9.84 Å². The van der Waals surface area contributed by atoms with Gasteiger partial charge in [0.15, 0.2) is 9.84 Å². The molecule has 0 unspecified atom stereocenters. The molecule has 0 fully saturated rings. The van der Waals surface area contributed by atoms with Crippen molar-refractivity contribution in [2.75, 3.05) is 6.26 Å². The number of nitrogens with one attached hydrogen (secondary N) is 1. The Hall–Kier alpha value is -0.910. The van der Waals surface area contributed by atoms with Crippen molar-refractivity contribution in [2.24, 2.45) is 5.84 Å². The van der Waals surface area contributed by atoms with E-state index in [0.29, 0.717) is 4.90 Å². The van der Waals surface area contributed by atoms with Gasteiger partial charge in [-0.25, -0.2) is 8.42 Å². The van der Waals surface area contributed by atoms with Crippen LogP contribution in [0.4, 0.5) is 0 Å². The standard InChI is InChI=1S/C9H14N2O2S/c1-7(11-10)8-3-5-9(6-4-8)14(2,12)13/h3-7,11H,10H2,1-2H3/t7-/m1/s1. The molecule has 0 saturated heterocycles. The summed E-state index contributed by atoms with van der Waals surface area (Å²) in [5, 5.41) is 0. The highest BCUT2D eigenvalue weighted by Gasteiger charge is 2.07. The summed E-state index contributed by atoms with van der Waals surface area (Å²) in [6.07, 6.45) is 1.19. The smallest absolute Gasteiger partial charge is 0.175 e. The summed E-state index contributed by atoms with van der Waals surface area (Å²) in [5.74, 6) is 5.26. The fraction of sp³-hybridized carbons (Fsp3) is 0.333. The van der Waals surface area contributed by atoms with Gasteiger partial charge in [0, 0.05) is 12.3 Å². The molecule has 0 aliphatic heterocycles. The molecule has 78 valence electrons. The molecular weight excluding hydrogens is 200 g/mol. The van der Waals surface area contributed by atoms with E-state index in [2.05, 4.69) is 5.43 Å². The molecule has 0 aromatic heterocycles. The topological polar surface area (TPSA) is 72.2 Å². The predicted molar refractivity (Wildman–Crippen MR) is 55.3 cm³/mol. The normalized spacial score (nSPS) is 13.9. The highest BCUT2D eigenvalue weighted by Crippen LogP contribution is 2.15. The number of nitrogens with two attached hydrogens (primary N) is 1. The highest BCUT2D eigenvalue weighted by molar-refractivity contribution is 7.90. The Balaban J connectivity index is 3.01. The van der Waals surface area contributed by atoms with Gasteiger partial charge in [0.05, 0.1) is 4.90 Å². The Labute approximate surface area is 84.0 Å². The molecule has 1 aromatic carbocycles. The van der Waals surface area contributed by atoms with E-state index in [1.54, 1.807) is 24.3 Å². The van der Waals surface area contributed by atoms with Crippen molar-refractivity contribution in [2.45, 2.75) is 17.9 Å². The lowest BCUT2D eigenvalue weighted by molar-refractivity contribution is 0.597. The Morgan fingerprint density at radius 3 is 2.14 bits per heavy atom. The molecule has 0 aliphatic carbocycles. The molecule has 1 rings (SSSR count). The molecular formula is C9H14N2O2S. The molecule has 0 bridgehead atoms. The quantitative estimate of drug-likeness (QED) is 0.571. The van der Waals surface area contributed by atoms with E-state index in [1.165, 1.54) is 6.26 Å². The molecule has 5 heteroatoms. The van der Waals surface area contributed by atoms with E-state index in [1.807, 2.05) is 6.92 Å². The average Bonchev–Trinajstić information content (AvgIpc) is 2.15. The van der Waals surface area contributed by atoms with Gasteiger partial charge in [-0.3, -0.25) is 11.3 Å². The Morgan fingerprint density at radius 1 is 1.29 bits per heavy atom. The van der Waals surface area contributed by atoms with Gasteiger partial charge < -0.3 is 0 Å². The molecule has 0 spiro atoms. The van der Waals surface area contributed by atoms with Crippen LogP contribution >= 0.6 is 0 Å². The lowest BCUT2D eigenvalue weighted by atomic mass is 10.1. The van der Waals surface area contributed by atoms with Crippen molar-refractivity contribution in [1.29, 1.82) is 0 Å². The van der Waals surface area contributed by atoms with Crippen LogP contribution in [0.1, 0.15) is 18.5 Å². The molecule has 3 N–H and O–H groups in total. The fourth-order valence-electron chi connectivity index (χ4n) is 1.10. The van der Waals surface area contributed by atoms with Crippen molar-refractivity contribution in [3.05, 3.63) is 29.8 Å². The number of hydrogen-bond donors (Lipinski definition) is 2. The third kappa shape index (κ3) is 2.54. The number of hydrazine groups is 1. The monoisotopic (exact) mass is 214 g/mol. The first-order chi connectivity index (χ1) is 6.45. The van der Waals surface area contributed by atoms with Crippen LogP contribution in [0, 0.1) is 0 Å². The summed E-state index contributed by atoms with van der Waals surface area (Å²) in [6, 6.07) is 6.68. The molecule has 0 amide bonds. The third-order valence-electron chi connectivity index (χ3n) is 2.06. The van der Waals surface area contributed by atoms with Crippen LogP contribution in [0.15, 0.2) is 29.2 Å². The first-order valence-electron chi connectivity index (χ1n) is 4.21. The van der Waals surface area contributed by atoms with Gasteiger partial charge in [0.1, 0.15) is 0 Å². The SMILES string of the molecule is C[C@@H](NN)c1ccc(S(C)(=O)=O)cc1. The molecule has 14 heavy (non-hydrogen) atoms. The number of benzene rings is 1. The molecule has 0 saturated carbocycles. The number of hydrogen-bond acceptors (Lipinski definition) is 4. The van der Waals surface area contributed by atoms with E-state index < -0.39 is 9.84 Å². The van der Waals surface area contributed by atoms with Gasteiger partial charge in [-0.15, -0.1) is 0 Å². The summed E-state index contributed by atoms with van der Waals surface area (Å²) in [6.45, 7) is 1.90. The summed E-state index contributed by atoms with van der Waals surface area (Å²) in [7, 11) is -3.10. The van der Waals surface area contributed by atoms with Crippen molar-refractivity contribution < 1.29 is 8.42 Å². The zero-order valence-electron chi connectivity index (χ0n) is 8.19. The minimum atomic E-state index is -3.10. The first kappa shape index (κ1) is 11.2. The number of rotatable bonds is 3. The van der Waals surface area contributed by atoms with Gasteiger partial charge in [-0.1, -0.05) is 12.1 Å². The molecule has 0 radical (unpaired) electrons. The lowest BCUT2D eigenvalue weighted by Crippen LogP contribution is -2.25. The van der Waals surface area contributed by atoms with Crippen LogP contribution in [-0.4, -0.2) is 14.7 Å². The van der Waals surface area contributed by atoms with Crippen LogP contribution in [0.25, 0.3) is 0 Å². The summed E-state index contributed by atoms with van der Waals surface area (Å²) in [4.78, 5) is 0.325. The first-order valence-corrected chi connectivity index (χ1v) is 6.10.